The van der Waals surface area contributed by atoms with E-state index in [9.17, 15) is 0 Å². The molecule has 4 nitrogen and oxygen atoms in total. The van der Waals surface area contributed by atoms with Gasteiger partial charge in [0.15, 0.2) is 0 Å². The Balaban J connectivity index is 2.29. The van der Waals surface area contributed by atoms with E-state index in [1.165, 1.54) is 5.56 Å². The summed E-state index contributed by atoms with van der Waals surface area (Å²) in [5.74, 6) is 1.26. The fourth-order valence-electron chi connectivity index (χ4n) is 1.90. The molecule has 0 radical (unpaired) electrons. The van der Waals surface area contributed by atoms with Crippen molar-refractivity contribution in [3.05, 3.63) is 46.8 Å². The number of ether oxygens (including phenoxy) is 1. The summed E-state index contributed by atoms with van der Waals surface area (Å²) in [6.07, 6.45) is 1.72. The molecule has 0 saturated heterocycles. The van der Waals surface area contributed by atoms with Gasteiger partial charge in [-0.1, -0.05) is 26.0 Å². The second kappa shape index (κ2) is 6.01. The first-order valence-corrected chi connectivity index (χ1v) is 6.82. The van der Waals surface area contributed by atoms with Crippen molar-refractivity contribution in [2.75, 3.05) is 0 Å². The highest BCUT2D eigenvalue weighted by atomic mass is 16.5. The molecule has 0 aliphatic carbocycles. The summed E-state index contributed by atoms with van der Waals surface area (Å²) >= 11 is 0. The van der Waals surface area contributed by atoms with Crippen LogP contribution in [0.5, 0.6) is 11.8 Å². The Kier molecular flexibility index (Phi) is 4.35. The summed E-state index contributed by atoms with van der Waals surface area (Å²) in [7, 11) is 0. The molecule has 4 heteroatoms. The van der Waals surface area contributed by atoms with Gasteiger partial charge in [0.25, 0.3) is 0 Å². The number of rotatable bonds is 4. The molecular formula is C16H21N3O. The number of benzene rings is 1. The molecule has 1 aromatic carbocycles. The minimum Gasteiger partial charge on any atom is -0.424 e. The van der Waals surface area contributed by atoms with E-state index in [1.807, 2.05) is 13.8 Å². The quantitative estimate of drug-likeness (QED) is 0.925. The minimum atomic E-state index is 0.365. The Morgan fingerprint density at radius 1 is 1.25 bits per heavy atom. The third-order valence-corrected chi connectivity index (χ3v) is 3.36. The fourth-order valence-corrected chi connectivity index (χ4v) is 1.90. The van der Waals surface area contributed by atoms with Gasteiger partial charge in [-0.3, -0.25) is 0 Å². The Bertz CT molecular complexity index is 609. The molecule has 2 rings (SSSR count). The molecule has 0 aliphatic heterocycles. The lowest BCUT2D eigenvalue weighted by molar-refractivity contribution is 0.435. The molecule has 0 amide bonds. The van der Waals surface area contributed by atoms with E-state index in [0.29, 0.717) is 18.5 Å². The maximum atomic E-state index is 5.82. The molecular weight excluding hydrogens is 250 g/mol. The molecule has 1 aromatic heterocycles. The standard InChI is InChI=1S/C16H21N3O/c1-10(2)13-6-5-11(3)15(7-13)20-16-18-9-14(8-17)12(4)19-16/h5-7,9-10H,8,17H2,1-4H3. The second-order valence-corrected chi connectivity index (χ2v) is 5.25. The zero-order chi connectivity index (χ0) is 14.7. The average molecular weight is 271 g/mol. The molecule has 106 valence electrons. The molecule has 0 aliphatic rings. The number of aryl methyl sites for hydroxylation is 2. The van der Waals surface area contributed by atoms with Crippen LogP contribution in [0.3, 0.4) is 0 Å². The zero-order valence-electron chi connectivity index (χ0n) is 12.5. The SMILES string of the molecule is Cc1ccc(C(C)C)cc1Oc1ncc(CN)c(C)n1. The topological polar surface area (TPSA) is 61.0 Å². The van der Waals surface area contributed by atoms with Crippen molar-refractivity contribution in [3.8, 4) is 11.8 Å². The van der Waals surface area contributed by atoms with Crippen LogP contribution in [0, 0.1) is 13.8 Å². The summed E-state index contributed by atoms with van der Waals surface area (Å²) < 4.78 is 5.82. The second-order valence-electron chi connectivity index (χ2n) is 5.25. The molecule has 2 aromatic rings. The van der Waals surface area contributed by atoms with Gasteiger partial charge in [-0.2, -0.15) is 4.98 Å². The van der Waals surface area contributed by atoms with Crippen LogP contribution in [0.2, 0.25) is 0 Å². The molecule has 0 bridgehead atoms. The lowest BCUT2D eigenvalue weighted by Crippen LogP contribution is -2.04. The third kappa shape index (κ3) is 3.14. The van der Waals surface area contributed by atoms with Gasteiger partial charge in [0, 0.05) is 24.0 Å². The van der Waals surface area contributed by atoms with Gasteiger partial charge < -0.3 is 10.5 Å². The van der Waals surface area contributed by atoms with Gasteiger partial charge in [-0.05, 0) is 37.0 Å². The van der Waals surface area contributed by atoms with Crippen LogP contribution in [-0.2, 0) is 6.54 Å². The van der Waals surface area contributed by atoms with E-state index < -0.39 is 0 Å². The van der Waals surface area contributed by atoms with Crippen LogP contribution in [0.4, 0.5) is 0 Å². The first kappa shape index (κ1) is 14.5. The Morgan fingerprint density at radius 3 is 2.60 bits per heavy atom. The highest BCUT2D eigenvalue weighted by Crippen LogP contribution is 2.27. The number of hydrogen-bond acceptors (Lipinski definition) is 4. The predicted octanol–water partition coefficient (Wildman–Crippen LogP) is 3.47. The molecule has 0 atom stereocenters. The van der Waals surface area contributed by atoms with Crippen molar-refractivity contribution in [2.24, 2.45) is 5.73 Å². The summed E-state index contributed by atoms with van der Waals surface area (Å²) in [5, 5.41) is 0. The molecule has 1 heterocycles. The van der Waals surface area contributed by atoms with E-state index in [1.54, 1.807) is 6.20 Å². The van der Waals surface area contributed by atoms with Crippen molar-refractivity contribution in [1.82, 2.24) is 9.97 Å². The third-order valence-electron chi connectivity index (χ3n) is 3.36. The van der Waals surface area contributed by atoms with E-state index in [-0.39, 0.29) is 0 Å². The first-order valence-electron chi connectivity index (χ1n) is 6.82. The van der Waals surface area contributed by atoms with Crippen molar-refractivity contribution in [2.45, 2.75) is 40.2 Å². The maximum absolute atomic E-state index is 5.82. The van der Waals surface area contributed by atoms with Gasteiger partial charge in [0.05, 0.1) is 0 Å². The Morgan fingerprint density at radius 2 is 2.00 bits per heavy atom. The summed E-state index contributed by atoms with van der Waals surface area (Å²) in [6.45, 7) is 8.68. The Hall–Kier alpha value is -1.94. The number of nitrogens with two attached hydrogens (primary N) is 1. The minimum absolute atomic E-state index is 0.365. The Labute approximate surface area is 120 Å². The molecule has 2 N–H and O–H groups in total. The van der Waals surface area contributed by atoms with E-state index >= 15 is 0 Å². The van der Waals surface area contributed by atoms with Crippen molar-refractivity contribution in [1.29, 1.82) is 0 Å². The molecule has 0 saturated carbocycles. The lowest BCUT2D eigenvalue weighted by atomic mass is 10.0. The van der Waals surface area contributed by atoms with Crippen molar-refractivity contribution < 1.29 is 4.74 Å². The van der Waals surface area contributed by atoms with Crippen LogP contribution < -0.4 is 10.5 Å². The normalized spacial score (nSPS) is 10.9. The van der Waals surface area contributed by atoms with Crippen LogP contribution in [0.1, 0.15) is 42.1 Å². The fraction of sp³-hybridized carbons (Fsp3) is 0.375. The highest BCUT2D eigenvalue weighted by molar-refractivity contribution is 5.39. The molecule has 20 heavy (non-hydrogen) atoms. The highest BCUT2D eigenvalue weighted by Gasteiger charge is 2.08. The van der Waals surface area contributed by atoms with Gasteiger partial charge in [0.2, 0.25) is 0 Å². The predicted molar refractivity (Wildman–Crippen MR) is 80.0 cm³/mol. The van der Waals surface area contributed by atoms with E-state index in [4.69, 9.17) is 10.5 Å². The van der Waals surface area contributed by atoms with Gasteiger partial charge >= 0.3 is 6.01 Å². The largest absolute Gasteiger partial charge is 0.424 e. The number of aromatic nitrogens is 2. The summed E-state index contributed by atoms with van der Waals surface area (Å²) in [6, 6.07) is 6.60. The molecule has 0 fully saturated rings. The van der Waals surface area contributed by atoms with Gasteiger partial charge in [-0.15, -0.1) is 0 Å². The molecule has 0 unspecified atom stereocenters. The molecule has 0 spiro atoms. The first-order chi connectivity index (χ1) is 9.51. The van der Waals surface area contributed by atoms with Crippen LogP contribution in [-0.4, -0.2) is 9.97 Å². The van der Waals surface area contributed by atoms with Gasteiger partial charge in [-0.25, -0.2) is 4.98 Å². The van der Waals surface area contributed by atoms with E-state index in [0.717, 1.165) is 22.6 Å². The van der Waals surface area contributed by atoms with Gasteiger partial charge in [0.1, 0.15) is 5.75 Å². The maximum Gasteiger partial charge on any atom is 0.322 e. The van der Waals surface area contributed by atoms with Crippen molar-refractivity contribution in [3.63, 3.8) is 0 Å². The zero-order valence-corrected chi connectivity index (χ0v) is 12.5. The van der Waals surface area contributed by atoms with Crippen LogP contribution in [0.25, 0.3) is 0 Å². The average Bonchev–Trinajstić information content (AvgIpc) is 2.41. The lowest BCUT2D eigenvalue weighted by Gasteiger charge is -2.12. The van der Waals surface area contributed by atoms with E-state index in [2.05, 4.69) is 42.0 Å². The smallest absolute Gasteiger partial charge is 0.322 e. The van der Waals surface area contributed by atoms with Crippen molar-refractivity contribution >= 4 is 0 Å². The van der Waals surface area contributed by atoms with Crippen LogP contribution >= 0.6 is 0 Å². The number of hydrogen-bond donors (Lipinski definition) is 1. The summed E-state index contributed by atoms with van der Waals surface area (Å²) in [4.78, 5) is 8.55. The number of nitrogens with zero attached hydrogens (tertiary/aromatic N) is 2. The monoisotopic (exact) mass is 271 g/mol. The summed E-state index contributed by atoms with van der Waals surface area (Å²) in [5.41, 5.74) is 9.71. The van der Waals surface area contributed by atoms with Crippen LogP contribution in [0.15, 0.2) is 24.4 Å².